The summed E-state index contributed by atoms with van der Waals surface area (Å²) in [5.74, 6) is 0.743. The molecular weight excluding hydrogens is 252 g/mol. The molecule has 0 aliphatic carbocycles. The Morgan fingerprint density at radius 3 is 2.75 bits per heavy atom. The maximum Gasteiger partial charge on any atom is 0.223 e. The molecule has 0 radical (unpaired) electrons. The van der Waals surface area contributed by atoms with Crippen LogP contribution in [0, 0.1) is 0 Å². The van der Waals surface area contributed by atoms with Crippen LogP contribution < -0.4 is 5.32 Å². The van der Waals surface area contributed by atoms with E-state index in [0.717, 1.165) is 30.4 Å². The predicted octanol–water partition coefficient (Wildman–Crippen LogP) is 2.30. The first-order valence-electron chi connectivity index (χ1n) is 6.59. The Bertz CT molecular complexity index is 571. The van der Waals surface area contributed by atoms with Gasteiger partial charge in [-0.3, -0.25) is 9.82 Å². The fourth-order valence-electron chi connectivity index (χ4n) is 1.94. The second kappa shape index (κ2) is 6.16. The van der Waals surface area contributed by atoms with Gasteiger partial charge >= 0.3 is 0 Å². The minimum atomic E-state index is 0.441. The number of anilines is 1. The van der Waals surface area contributed by atoms with Gasteiger partial charge in [0.05, 0.1) is 18.8 Å². The van der Waals surface area contributed by atoms with Crippen molar-refractivity contribution in [3.63, 3.8) is 0 Å². The van der Waals surface area contributed by atoms with Crippen LogP contribution in [0.15, 0.2) is 59.7 Å². The monoisotopic (exact) mass is 268 g/mol. The number of guanidine groups is 1. The number of pyridine rings is 1. The molecule has 20 heavy (non-hydrogen) atoms. The van der Waals surface area contributed by atoms with E-state index in [1.54, 1.807) is 11.3 Å². The number of aromatic nitrogens is 1. The number of para-hydroxylation sites is 1. The van der Waals surface area contributed by atoms with E-state index in [1.807, 2.05) is 48.5 Å². The van der Waals surface area contributed by atoms with Crippen LogP contribution in [0.3, 0.4) is 0 Å². The van der Waals surface area contributed by atoms with Crippen LogP contribution in [0.5, 0.6) is 0 Å². The van der Waals surface area contributed by atoms with Crippen molar-refractivity contribution in [2.24, 2.45) is 4.99 Å². The molecule has 1 aliphatic heterocycles. The van der Waals surface area contributed by atoms with Gasteiger partial charge in [0.2, 0.25) is 5.96 Å². The fourth-order valence-corrected chi connectivity index (χ4v) is 1.94. The Balaban J connectivity index is 1.58. The van der Waals surface area contributed by atoms with Crippen molar-refractivity contribution in [3.8, 4) is 0 Å². The number of benzene rings is 1. The normalized spacial score (nSPS) is 14.2. The maximum absolute atomic E-state index is 5.75. The van der Waals surface area contributed by atoms with Crippen LogP contribution in [0.25, 0.3) is 0 Å². The molecule has 5 heteroatoms. The van der Waals surface area contributed by atoms with E-state index in [0.29, 0.717) is 6.61 Å². The molecule has 0 spiro atoms. The van der Waals surface area contributed by atoms with Gasteiger partial charge in [0, 0.05) is 11.9 Å². The summed E-state index contributed by atoms with van der Waals surface area (Å²) in [6.45, 7) is 1.93. The van der Waals surface area contributed by atoms with Crippen molar-refractivity contribution in [2.75, 3.05) is 18.4 Å². The van der Waals surface area contributed by atoms with Crippen LogP contribution in [0.2, 0.25) is 0 Å². The van der Waals surface area contributed by atoms with Gasteiger partial charge in [0.15, 0.2) is 0 Å². The molecule has 0 saturated carbocycles. The number of hydrogen-bond acceptors (Lipinski definition) is 5. The molecule has 1 aromatic heterocycles. The third kappa shape index (κ3) is 3.13. The van der Waals surface area contributed by atoms with Gasteiger partial charge < -0.3 is 5.32 Å². The maximum atomic E-state index is 5.75. The molecule has 1 aliphatic rings. The third-order valence-electron chi connectivity index (χ3n) is 2.93. The molecule has 0 fully saturated rings. The Labute approximate surface area is 117 Å². The smallest absolute Gasteiger partial charge is 0.223 e. The Morgan fingerprint density at radius 1 is 1.10 bits per heavy atom. The van der Waals surface area contributed by atoms with Gasteiger partial charge in [-0.1, -0.05) is 24.3 Å². The number of hydroxylamine groups is 2. The molecule has 3 rings (SSSR count). The molecule has 0 amide bonds. The molecule has 0 unspecified atom stereocenters. The molecule has 1 aromatic carbocycles. The van der Waals surface area contributed by atoms with E-state index in [-0.39, 0.29) is 0 Å². The molecule has 2 heterocycles. The van der Waals surface area contributed by atoms with E-state index >= 15 is 0 Å². The molecule has 0 atom stereocenters. The molecule has 2 aromatic rings. The lowest BCUT2D eigenvalue weighted by Crippen LogP contribution is -2.33. The first-order chi connectivity index (χ1) is 9.92. The summed E-state index contributed by atoms with van der Waals surface area (Å²) < 4.78 is 0. The summed E-state index contributed by atoms with van der Waals surface area (Å²) in [5.41, 5.74) is 1.90. The van der Waals surface area contributed by atoms with Crippen molar-refractivity contribution in [1.82, 2.24) is 10.0 Å². The zero-order valence-electron chi connectivity index (χ0n) is 11.1. The van der Waals surface area contributed by atoms with Gasteiger partial charge in [-0.2, -0.15) is 0 Å². The van der Waals surface area contributed by atoms with Gasteiger partial charge in [-0.15, -0.1) is 0 Å². The highest BCUT2D eigenvalue weighted by molar-refractivity contribution is 5.93. The van der Waals surface area contributed by atoms with Crippen LogP contribution in [0.1, 0.15) is 5.69 Å². The molecule has 1 N–H and O–H groups in total. The lowest BCUT2D eigenvalue weighted by molar-refractivity contribution is -0.104. The summed E-state index contributed by atoms with van der Waals surface area (Å²) in [7, 11) is 0. The van der Waals surface area contributed by atoms with Crippen molar-refractivity contribution < 1.29 is 4.84 Å². The van der Waals surface area contributed by atoms with Crippen LogP contribution in [0.4, 0.5) is 5.69 Å². The Morgan fingerprint density at radius 2 is 1.95 bits per heavy atom. The zero-order chi connectivity index (χ0) is 13.6. The van der Waals surface area contributed by atoms with Gasteiger partial charge in [-0.25, -0.2) is 10.1 Å². The van der Waals surface area contributed by atoms with E-state index in [4.69, 9.17) is 4.84 Å². The van der Waals surface area contributed by atoms with Crippen molar-refractivity contribution in [2.45, 2.75) is 6.61 Å². The lowest BCUT2D eigenvalue weighted by Gasteiger charge is -2.20. The van der Waals surface area contributed by atoms with Gasteiger partial charge in [0.25, 0.3) is 0 Å². The highest BCUT2D eigenvalue weighted by atomic mass is 16.7. The molecular formula is C15H16N4O. The number of nitrogens with one attached hydrogen (secondary N) is 1. The van der Waals surface area contributed by atoms with Crippen molar-refractivity contribution in [3.05, 3.63) is 60.4 Å². The summed E-state index contributed by atoms with van der Waals surface area (Å²) in [6, 6.07) is 15.7. The van der Waals surface area contributed by atoms with E-state index < -0.39 is 0 Å². The highest BCUT2D eigenvalue weighted by Crippen LogP contribution is 2.11. The van der Waals surface area contributed by atoms with E-state index in [2.05, 4.69) is 15.3 Å². The van der Waals surface area contributed by atoms with Crippen LogP contribution in [-0.2, 0) is 11.4 Å². The van der Waals surface area contributed by atoms with Gasteiger partial charge in [-0.05, 0) is 24.3 Å². The SMILES string of the molecule is c1ccc(NC2=NCCN2OCc2ccccn2)cc1. The van der Waals surface area contributed by atoms with Crippen LogP contribution >= 0.6 is 0 Å². The number of rotatable bonds is 4. The largest absolute Gasteiger partial charge is 0.324 e. The molecule has 0 saturated heterocycles. The number of nitrogens with zero attached hydrogens (tertiary/aromatic N) is 3. The minimum Gasteiger partial charge on any atom is -0.324 e. The summed E-state index contributed by atoms with van der Waals surface area (Å²) in [4.78, 5) is 14.4. The number of aliphatic imine (C=N–C) groups is 1. The molecule has 0 bridgehead atoms. The first kappa shape index (κ1) is 12.6. The van der Waals surface area contributed by atoms with Crippen LogP contribution in [-0.4, -0.2) is 29.1 Å². The van der Waals surface area contributed by atoms with Crippen molar-refractivity contribution in [1.29, 1.82) is 0 Å². The lowest BCUT2D eigenvalue weighted by atomic mass is 10.3. The minimum absolute atomic E-state index is 0.441. The van der Waals surface area contributed by atoms with E-state index in [9.17, 15) is 0 Å². The third-order valence-corrected chi connectivity index (χ3v) is 2.93. The summed E-state index contributed by atoms with van der Waals surface area (Å²) in [5, 5.41) is 5.04. The average molecular weight is 268 g/mol. The standard InChI is InChI=1S/C15H16N4O/c1-2-6-13(7-3-1)18-15-17-10-11-19(15)20-12-14-8-4-5-9-16-14/h1-9H,10-12H2,(H,17,18). The number of hydrogen-bond donors (Lipinski definition) is 1. The highest BCUT2D eigenvalue weighted by Gasteiger charge is 2.18. The Hall–Kier alpha value is -2.40. The van der Waals surface area contributed by atoms with Crippen molar-refractivity contribution >= 4 is 11.6 Å². The zero-order valence-corrected chi connectivity index (χ0v) is 11.1. The molecule has 102 valence electrons. The molecule has 5 nitrogen and oxygen atoms in total. The summed E-state index contributed by atoms with van der Waals surface area (Å²) in [6.07, 6.45) is 1.76. The second-order valence-electron chi connectivity index (χ2n) is 4.39. The fraction of sp³-hybridized carbons (Fsp3) is 0.200. The summed E-state index contributed by atoms with van der Waals surface area (Å²) >= 11 is 0. The first-order valence-corrected chi connectivity index (χ1v) is 6.59. The van der Waals surface area contributed by atoms with Gasteiger partial charge in [0.1, 0.15) is 6.61 Å². The van der Waals surface area contributed by atoms with E-state index in [1.165, 1.54) is 0 Å². The topological polar surface area (TPSA) is 49.8 Å². The quantitative estimate of drug-likeness (QED) is 0.924. The Kier molecular flexibility index (Phi) is 3.89. The predicted molar refractivity (Wildman–Crippen MR) is 78.1 cm³/mol. The second-order valence-corrected chi connectivity index (χ2v) is 4.39. The average Bonchev–Trinajstić information content (AvgIpc) is 2.94.